The van der Waals surface area contributed by atoms with E-state index in [1.54, 1.807) is 12.1 Å². The monoisotopic (exact) mass is 374 g/mol. The highest BCUT2D eigenvalue weighted by molar-refractivity contribution is 5.93. The first-order valence-electron chi connectivity index (χ1n) is 9.74. The molecule has 2 heterocycles. The Labute approximate surface area is 160 Å². The molecule has 6 nitrogen and oxygen atoms in total. The fraction of sp³-hybridized carbons (Fsp3) is 0.619. The van der Waals surface area contributed by atoms with E-state index in [4.69, 9.17) is 4.74 Å². The van der Waals surface area contributed by atoms with Crippen LogP contribution in [-0.4, -0.2) is 39.7 Å². The van der Waals surface area contributed by atoms with Crippen molar-refractivity contribution in [3.8, 4) is 5.75 Å². The van der Waals surface area contributed by atoms with Crippen molar-refractivity contribution < 1.29 is 19.4 Å². The number of phenols is 1. The van der Waals surface area contributed by atoms with Gasteiger partial charge < -0.3 is 20.1 Å². The van der Waals surface area contributed by atoms with Crippen molar-refractivity contribution in [1.29, 1.82) is 0 Å². The van der Waals surface area contributed by atoms with Crippen molar-refractivity contribution in [2.45, 2.75) is 77.5 Å². The number of benzene rings is 1. The molecule has 6 heteroatoms. The van der Waals surface area contributed by atoms with Crippen LogP contribution in [0.15, 0.2) is 18.2 Å². The molecular weight excluding hydrogens is 344 g/mol. The largest absolute Gasteiger partial charge is 0.506 e. The zero-order valence-corrected chi connectivity index (χ0v) is 16.6. The Bertz CT molecular complexity index is 691. The third kappa shape index (κ3) is 4.54. The van der Waals surface area contributed by atoms with Crippen LogP contribution in [0.2, 0.25) is 0 Å². The summed E-state index contributed by atoms with van der Waals surface area (Å²) < 4.78 is 5.56. The fourth-order valence-corrected chi connectivity index (χ4v) is 4.34. The van der Waals surface area contributed by atoms with Crippen molar-refractivity contribution in [3.63, 3.8) is 0 Å². The number of nitrogens with one attached hydrogen (secondary N) is 1. The Morgan fingerprint density at radius 3 is 2.41 bits per heavy atom. The summed E-state index contributed by atoms with van der Waals surface area (Å²) in [4.78, 5) is 26.9. The van der Waals surface area contributed by atoms with Gasteiger partial charge >= 0.3 is 6.09 Å². The second-order valence-electron chi connectivity index (χ2n) is 8.83. The number of rotatable bonds is 3. The van der Waals surface area contributed by atoms with Crippen LogP contribution >= 0.6 is 0 Å². The molecule has 0 aliphatic carbocycles. The van der Waals surface area contributed by atoms with E-state index in [0.29, 0.717) is 12.1 Å². The lowest BCUT2D eigenvalue weighted by Crippen LogP contribution is -2.48. The van der Waals surface area contributed by atoms with Gasteiger partial charge in [-0.2, -0.15) is 0 Å². The minimum Gasteiger partial charge on any atom is -0.506 e. The number of para-hydroxylation sites is 1. The maximum atomic E-state index is 12.5. The number of fused-ring (bicyclic) bond motifs is 2. The number of piperidine rings is 1. The van der Waals surface area contributed by atoms with Gasteiger partial charge in [-0.1, -0.05) is 12.1 Å². The lowest BCUT2D eigenvalue weighted by molar-refractivity contribution is -0.117. The second-order valence-corrected chi connectivity index (χ2v) is 8.83. The molecule has 2 aliphatic heterocycles. The molecule has 0 spiro atoms. The molecule has 3 rings (SSSR count). The van der Waals surface area contributed by atoms with Crippen molar-refractivity contribution in [2.75, 3.05) is 5.32 Å². The highest BCUT2D eigenvalue weighted by atomic mass is 16.6. The van der Waals surface area contributed by atoms with Gasteiger partial charge in [0.05, 0.1) is 5.69 Å². The molecule has 2 fully saturated rings. The van der Waals surface area contributed by atoms with Crippen LogP contribution in [0, 0.1) is 12.8 Å². The van der Waals surface area contributed by atoms with Gasteiger partial charge in [0.1, 0.15) is 11.4 Å². The van der Waals surface area contributed by atoms with E-state index in [1.165, 1.54) is 0 Å². The van der Waals surface area contributed by atoms with Gasteiger partial charge in [-0.3, -0.25) is 4.79 Å². The average molecular weight is 374 g/mol. The summed E-state index contributed by atoms with van der Waals surface area (Å²) in [5, 5.41) is 12.8. The van der Waals surface area contributed by atoms with Crippen molar-refractivity contribution >= 4 is 17.7 Å². The summed E-state index contributed by atoms with van der Waals surface area (Å²) in [6, 6.07) is 5.49. The topological polar surface area (TPSA) is 78.9 Å². The lowest BCUT2D eigenvalue weighted by Gasteiger charge is -2.39. The van der Waals surface area contributed by atoms with Gasteiger partial charge in [0.2, 0.25) is 5.91 Å². The van der Waals surface area contributed by atoms with E-state index in [0.717, 1.165) is 31.2 Å². The lowest BCUT2D eigenvalue weighted by atomic mass is 9.88. The quantitative estimate of drug-likeness (QED) is 0.777. The van der Waals surface area contributed by atoms with Gasteiger partial charge in [-0.25, -0.2) is 4.79 Å². The van der Waals surface area contributed by atoms with E-state index in [-0.39, 0.29) is 35.8 Å². The molecule has 0 saturated carbocycles. The van der Waals surface area contributed by atoms with Gasteiger partial charge in [-0.15, -0.1) is 0 Å². The maximum Gasteiger partial charge on any atom is 0.410 e. The highest BCUT2D eigenvalue weighted by Gasteiger charge is 2.45. The Morgan fingerprint density at radius 2 is 1.85 bits per heavy atom. The number of aromatic hydroxyl groups is 1. The number of ether oxygens (including phenoxy) is 1. The SMILES string of the molecule is Cc1cccc(O)c1NC(=O)CC1CC2CCC(C1)N2C(=O)OC(C)(C)C. The van der Waals surface area contributed by atoms with Crippen LogP contribution in [0.4, 0.5) is 10.5 Å². The van der Waals surface area contributed by atoms with Gasteiger partial charge in [-0.05, 0) is 70.9 Å². The van der Waals surface area contributed by atoms with Crippen LogP contribution in [0.25, 0.3) is 0 Å². The zero-order chi connectivity index (χ0) is 19.8. The van der Waals surface area contributed by atoms with E-state index < -0.39 is 5.60 Å². The Balaban J connectivity index is 1.58. The maximum absolute atomic E-state index is 12.5. The van der Waals surface area contributed by atoms with Gasteiger partial charge in [0, 0.05) is 18.5 Å². The second kappa shape index (κ2) is 7.41. The third-order valence-corrected chi connectivity index (χ3v) is 5.42. The fourth-order valence-electron chi connectivity index (χ4n) is 4.34. The molecule has 0 radical (unpaired) electrons. The van der Waals surface area contributed by atoms with Crippen molar-refractivity contribution in [2.24, 2.45) is 5.92 Å². The minimum atomic E-state index is -0.497. The van der Waals surface area contributed by atoms with E-state index in [9.17, 15) is 14.7 Å². The summed E-state index contributed by atoms with van der Waals surface area (Å²) >= 11 is 0. The standard InChI is InChI=1S/C21H30N2O4/c1-13-6-5-7-17(24)19(13)22-18(25)12-14-10-15-8-9-16(11-14)23(15)20(26)27-21(2,3)4/h5-7,14-16,24H,8-12H2,1-4H3,(H,22,25). The normalized spacial score (nSPS) is 24.6. The molecule has 2 unspecified atom stereocenters. The number of nitrogens with zero attached hydrogens (tertiary/aromatic N) is 1. The Hall–Kier alpha value is -2.24. The highest BCUT2D eigenvalue weighted by Crippen LogP contribution is 2.41. The van der Waals surface area contributed by atoms with Crippen molar-refractivity contribution in [1.82, 2.24) is 4.90 Å². The molecule has 148 valence electrons. The van der Waals surface area contributed by atoms with Crippen LogP contribution in [-0.2, 0) is 9.53 Å². The van der Waals surface area contributed by atoms with Gasteiger partial charge in [0.15, 0.2) is 0 Å². The van der Waals surface area contributed by atoms with Gasteiger partial charge in [0.25, 0.3) is 0 Å². The van der Waals surface area contributed by atoms with Crippen molar-refractivity contribution in [3.05, 3.63) is 23.8 Å². The smallest absolute Gasteiger partial charge is 0.410 e. The number of hydrogen-bond donors (Lipinski definition) is 2. The first kappa shape index (κ1) is 19.5. The summed E-state index contributed by atoms with van der Waals surface area (Å²) in [7, 11) is 0. The summed E-state index contributed by atoms with van der Waals surface area (Å²) in [5.74, 6) is 0.241. The molecule has 2 aliphatic rings. The number of anilines is 1. The molecule has 1 aromatic carbocycles. The molecule has 1 aromatic rings. The molecule has 2 bridgehead atoms. The number of aryl methyl sites for hydroxylation is 1. The predicted molar refractivity (Wildman–Crippen MR) is 104 cm³/mol. The average Bonchev–Trinajstić information content (AvgIpc) is 2.81. The Morgan fingerprint density at radius 1 is 1.22 bits per heavy atom. The van der Waals surface area contributed by atoms with Crippen LogP contribution in [0.3, 0.4) is 0 Å². The number of carbonyl (C=O) groups is 2. The molecule has 2 N–H and O–H groups in total. The first-order valence-corrected chi connectivity index (χ1v) is 9.74. The third-order valence-electron chi connectivity index (χ3n) is 5.42. The zero-order valence-electron chi connectivity index (χ0n) is 16.6. The van der Waals surface area contributed by atoms with Crippen LogP contribution in [0.1, 0.15) is 58.4 Å². The molecule has 27 heavy (non-hydrogen) atoms. The predicted octanol–water partition coefficient (Wildman–Crippen LogP) is 4.21. The number of phenolic OH excluding ortho intramolecular Hbond substituents is 1. The number of carbonyl (C=O) groups excluding carboxylic acids is 2. The summed E-state index contributed by atoms with van der Waals surface area (Å²) in [6.45, 7) is 7.50. The number of amides is 2. The minimum absolute atomic E-state index is 0.0863. The molecule has 2 amide bonds. The van der Waals surface area contributed by atoms with E-state index >= 15 is 0 Å². The van der Waals surface area contributed by atoms with E-state index in [1.807, 2.05) is 38.7 Å². The number of hydrogen-bond acceptors (Lipinski definition) is 4. The molecule has 2 atom stereocenters. The molecule has 2 saturated heterocycles. The Kier molecular flexibility index (Phi) is 5.36. The van der Waals surface area contributed by atoms with Crippen LogP contribution < -0.4 is 5.32 Å². The van der Waals surface area contributed by atoms with E-state index in [2.05, 4.69) is 5.32 Å². The molecular formula is C21H30N2O4. The first-order chi connectivity index (χ1) is 12.6. The van der Waals surface area contributed by atoms with Crippen LogP contribution in [0.5, 0.6) is 5.75 Å². The molecule has 0 aromatic heterocycles. The summed E-state index contributed by atoms with van der Waals surface area (Å²) in [6.07, 6.45) is 3.76. The summed E-state index contributed by atoms with van der Waals surface area (Å²) in [5.41, 5.74) is 0.822.